The van der Waals surface area contributed by atoms with Crippen molar-refractivity contribution in [2.45, 2.75) is 6.54 Å². The quantitative estimate of drug-likeness (QED) is 0.532. The van der Waals surface area contributed by atoms with Gasteiger partial charge in [0.15, 0.2) is 11.5 Å². The summed E-state index contributed by atoms with van der Waals surface area (Å²) in [5.41, 5.74) is 1.67. The Morgan fingerprint density at radius 1 is 1.21 bits per heavy atom. The summed E-state index contributed by atoms with van der Waals surface area (Å²) in [5.74, 6) is 0.198. The molecular formula is C20H14ClNO6S. The van der Waals surface area contributed by atoms with Crippen molar-refractivity contribution in [2.24, 2.45) is 0 Å². The lowest BCUT2D eigenvalue weighted by atomic mass is 10.1. The van der Waals surface area contributed by atoms with Crippen molar-refractivity contribution >= 4 is 46.6 Å². The molecule has 0 spiro atoms. The number of fused-ring (bicyclic) bond motifs is 1. The summed E-state index contributed by atoms with van der Waals surface area (Å²) in [7, 11) is 1.30. The van der Waals surface area contributed by atoms with Gasteiger partial charge in [-0.15, -0.1) is 0 Å². The molecule has 1 saturated heterocycles. The van der Waals surface area contributed by atoms with Gasteiger partial charge in [-0.1, -0.05) is 23.7 Å². The molecule has 0 saturated carbocycles. The first kappa shape index (κ1) is 19.4. The number of methoxy groups -OCH3 is 1. The molecule has 1 fully saturated rings. The summed E-state index contributed by atoms with van der Waals surface area (Å²) in [5, 5.41) is -0.00292. The Balaban J connectivity index is 1.53. The maximum atomic E-state index is 12.7. The lowest BCUT2D eigenvalue weighted by Crippen LogP contribution is -2.27. The second kappa shape index (κ2) is 7.81. The molecule has 148 valence electrons. The Kier molecular flexibility index (Phi) is 5.21. The van der Waals surface area contributed by atoms with Crippen LogP contribution in [0.4, 0.5) is 4.79 Å². The Bertz CT molecular complexity index is 1050. The number of rotatable bonds is 4. The minimum Gasteiger partial charge on any atom is -0.465 e. The highest BCUT2D eigenvalue weighted by molar-refractivity contribution is 8.18. The Labute approximate surface area is 175 Å². The van der Waals surface area contributed by atoms with Crippen LogP contribution >= 0.6 is 23.4 Å². The van der Waals surface area contributed by atoms with Crippen molar-refractivity contribution in [3.63, 3.8) is 0 Å². The molecule has 0 atom stereocenters. The molecule has 2 aliphatic rings. The highest BCUT2D eigenvalue weighted by Gasteiger charge is 2.35. The predicted octanol–water partition coefficient (Wildman–Crippen LogP) is 4.09. The first-order valence-corrected chi connectivity index (χ1v) is 9.67. The molecule has 0 unspecified atom stereocenters. The number of hydrogen-bond acceptors (Lipinski definition) is 7. The molecule has 29 heavy (non-hydrogen) atoms. The van der Waals surface area contributed by atoms with E-state index < -0.39 is 11.9 Å². The minimum atomic E-state index is -0.447. The van der Waals surface area contributed by atoms with Crippen LogP contribution in [0.25, 0.3) is 6.08 Å². The number of amides is 2. The number of carbonyl (C=O) groups is 3. The van der Waals surface area contributed by atoms with Crippen molar-refractivity contribution in [2.75, 3.05) is 13.9 Å². The number of benzene rings is 2. The fourth-order valence-electron chi connectivity index (χ4n) is 2.87. The number of halogens is 1. The third-order valence-corrected chi connectivity index (χ3v) is 5.63. The van der Waals surface area contributed by atoms with Crippen molar-refractivity contribution in [3.8, 4) is 11.5 Å². The molecule has 0 bridgehead atoms. The number of nitrogens with zero attached hydrogens (tertiary/aromatic N) is 1. The van der Waals surface area contributed by atoms with Gasteiger partial charge in [0.05, 0.1) is 24.1 Å². The van der Waals surface area contributed by atoms with Crippen LogP contribution in [0.5, 0.6) is 11.5 Å². The lowest BCUT2D eigenvalue weighted by molar-refractivity contribution is -0.123. The van der Waals surface area contributed by atoms with Crippen LogP contribution in [0.1, 0.15) is 21.5 Å². The first-order valence-electron chi connectivity index (χ1n) is 8.48. The topological polar surface area (TPSA) is 82.1 Å². The molecule has 9 heteroatoms. The van der Waals surface area contributed by atoms with E-state index in [0.29, 0.717) is 33.2 Å². The zero-order valence-electron chi connectivity index (χ0n) is 15.1. The average Bonchev–Trinajstić information content (AvgIpc) is 3.27. The summed E-state index contributed by atoms with van der Waals surface area (Å²) >= 11 is 7.11. The van der Waals surface area contributed by atoms with Gasteiger partial charge in [0.1, 0.15) is 0 Å². The van der Waals surface area contributed by atoms with E-state index in [9.17, 15) is 14.4 Å². The molecule has 2 aromatic carbocycles. The van der Waals surface area contributed by atoms with Crippen LogP contribution in [-0.4, -0.2) is 35.9 Å². The van der Waals surface area contributed by atoms with Gasteiger partial charge in [-0.2, -0.15) is 0 Å². The second-order valence-electron chi connectivity index (χ2n) is 6.18. The summed E-state index contributed by atoms with van der Waals surface area (Å²) in [6.45, 7) is 0.132. The van der Waals surface area contributed by atoms with E-state index in [1.165, 1.54) is 7.11 Å². The number of imide groups is 1. The molecular weight excluding hydrogens is 418 g/mol. The molecule has 4 rings (SSSR count). The first-order chi connectivity index (χ1) is 14.0. The fourth-order valence-corrected chi connectivity index (χ4v) is 3.92. The molecule has 0 N–H and O–H groups in total. The summed E-state index contributed by atoms with van der Waals surface area (Å²) in [4.78, 5) is 38.0. The Hall–Kier alpha value is -2.97. The van der Waals surface area contributed by atoms with E-state index >= 15 is 0 Å². The third kappa shape index (κ3) is 3.81. The molecule has 2 heterocycles. The maximum Gasteiger partial charge on any atom is 0.337 e. The van der Waals surface area contributed by atoms with Crippen molar-refractivity contribution in [3.05, 3.63) is 63.0 Å². The van der Waals surface area contributed by atoms with E-state index in [2.05, 4.69) is 4.74 Å². The molecule has 0 aromatic heterocycles. The highest BCUT2D eigenvalue weighted by atomic mass is 35.5. The van der Waals surface area contributed by atoms with Crippen LogP contribution < -0.4 is 9.47 Å². The van der Waals surface area contributed by atoms with Gasteiger partial charge in [-0.05, 0) is 47.2 Å². The number of ether oxygens (including phenoxy) is 3. The zero-order chi connectivity index (χ0) is 20.5. The SMILES string of the molecule is COC(=O)c1ccc(/C=C2/SC(=O)N(Cc3cc4c(cc3Cl)OCO4)C2=O)cc1. The molecule has 2 aromatic rings. The van der Waals surface area contributed by atoms with E-state index in [1.54, 1.807) is 42.5 Å². The van der Waals surface area contributed by atoms with E-state index in [-0.39, 0.29) is 23.5 Å². The molecule has 7 nitrogen and oxygen atoms in total. The van der Waals surface area contributed by atoms with Gasteiger partial charge in [0.25, 0.3) is 11.1 Å². The summed E-state index contributed by atoms with van der Waals surface area (Å²) < 4.78 is 15.2. The average molecular weight is 432 g/mol. The molecule has 2 amide bonds. The fraction of sp³-hybridized carbons (Fsp3) is 0.150. The van der Waals surface area contributed by atoms with Gasteiger partial charge in [-0.25, -0.2) is 4.79 Å². The van der Waals surface area contributed by atoms with Crippen LogP contribution in [0.2, 0.25) is 5.02 Å². The number of esters is 1. The van der Waals surface area contributed by atoms with Crippen molar-refractivity contribution in [1.82, 2.24) is 4.90 Å². The van der Waals surface area contributed by atoms with Crippen LogP contribution in [-0.2, 0) is 16.1 Å². The Morgan fingerprint density at radius 3 is 2.59 bits per heavy atom. The van der Waals surface area contributed by atoms with Gasteiger partial charge < -0.3 is 14.2 Å². The minimum absolute atomic E-state index is 0.0265. The Morgan fingerprint density at radius 2 is 1.90 bits per heavy atom. The summed E-state index contributed by atoms with van der Waals surface area (Å²) in [6, 6.07) is 9.81. The predicted molar refractivity (Wildman–Crippen MR) is 107 cm³/mol. The largest absolute Gasteiger partial charge is 0.465 e. The molecule has 0 radical (unpaired) electrons. The standard InChI is InChI=1S/C20H14ClNO6S/c1-26-19(24)12-4-2-11(3-5-12)6-17-18(23)22(20(25)29-17)9-13-7-15-16(8-14(13)21)28-10-27-15/h2-8H,9-10H2,1H3/b17-6+. The van der Waals surface area contributed by atoms with E-state index in [4.69, 9.17) is 21.1 Å². The molecule has 2 aliphatic heterocycles. The normalized spacial score (nSPS) is 16.6. The van der Waals surface area contributed by atoms with Crippen LogP contribution in [0.15, 0.2) is 41.3 Å². The van der Waals surface area contributed by atoms with Crippen LogP contribution in [0, 0.1) is 0 Å². The number of hydrogen-bond donors (Lipinski definition) is 0. The maximum absolute atomic E-state index is 12.7. The van der Waals surface area contributed by atoms with Gasteiger partial charge in [0.2, 0.25) is 6.79 Å². The highest BCUT2D eigenvalue weighted by Crippen LogP contribution is 2.39. The monoisotopic (exact) mass is 431 g/mol. The van der Waals surface area contributed by atoms with E-state index in [1.807, 2.05) is 0 Å². The smallest absolute Gasteiger partial charge is 0.337 e. The number of carbonyl (C=O) groups excluding carboxylic acids is 3. The summed E-state index contributed by atoms with van der Waals surface area (Å²) in [6.07, 6.45) is 1.60. The third-order valence-electron chi connectivity index (χ3n) is 4.37. The lowest BCUT2D eigenvalue weighted by Gasteiger charge is -2.14. The number of thioether (sulfide) groups is 1. The van der Waals surface area contributed by atoms with E-state index in [0.717, 1.165) is 16.7 Å². The second-order valence-corrected chi connectivity index (χ2v) is 7.58. The van der Waals surface area contributed by atoms with Gasteiger partial charge >= 0.3 is 5.97 Å². The van der Waals surface area contributed by atoms with Crippen molar-refractivity contribution in [1.29, 1.82) is 0 Å². The zero-order valence-corrected chi connectivity index (χ0v) is 16.7. The van der Waals surface area contributed by atoms with Crippen LogP contribution in [0.3, 0.4) is 0 Å². The van der Waals surface area contributed by atoms with Crippen molar-refractivity contribution < 1.29 is 28.6 Å². The van der Waals surface area contributed by atoms with Gasteiger partial charge in [0, 0.05) is 11.1 Å². The molecule has 0 aliphatic carbocycles. The van der Waals surface area contributed by atoms with Gasteiger partial charge in [-0.3, -0.25) is 14.5 Å².